The standard InChI is InChI=1S/C11H10ClN3/c1-7-5-8(12)6-9-11(7)14-10(3-4-13)15(9)2/h5-6H,3H2,1-2H3. The van der Waals surface area contributed by atoms with E-state index >= 15 is 0 Å². The van der Waals surface area contributed by atoms with E-state index in [1.807, 2.05) is 30.7 Å². The van der Waals surface area contributed by atoms with Gasteiger partial charge in [0.1, 0.15) is 5.82 Å². The Morgan fingerprint density at radius 2 is 2.27 bits per heavy atom. The minimum absolute atomic E-state index is 0.322. The van der Waals surface area contributed by atoms with Gasteiger partial charge >= 0.3 is 0 Å². The Hall–Kier alpha value is -1.53. The lowest BCUT2D eigenvalue weighted by Gasteiger charge is -1.99. The summed E-state index contributed by atoms with van der Waals surface area (Å²) in [6.45, 7) is 1.97. The second-order valence-corrected chi connectivity index (χ2v) is 3.95. The predicted octanol–water partition coefficient (Wildman–Crippen LogP) is 2.60. The first-order valence-corrected chi connectivity index (χ1v) is 4.99. The Morgan fingerprint density at radius 3 is 2.93 bits per heavy atom. The molecule has 0 bridgehead atoms. The number of aryl methyl sites for hydroxylation is 2. The monoisotopic (exact) mass is 219 g/mol. The van der Waals surface area contributed by atoms with Crippen LogP contribution in [0.3, 0.4) is 0 Å². The van der Waals surface area contributed by atoms with Crippen molar-refractivity contribution in [1.29, 1.82) is 5.26 Å². The molecular formula is C11H10ClN3. The molecule has 0 N–H and O–H groups in total. The van der Waals surface area contributed by atoms with E-state index in [0.29, 0.717) is 11.4 Å². The summed E-state index contributed by atoms with van der Waals surface area (Å²) in [5.41, 5.74) is 2.94. The molecule has 15 heavy (non-hydrogen) atoms. The largest absolute Gasteiger partial charge is 0.330 e. The summed E-state index contributed by atoms with van der Waals surface area (Å²) in [5, 5.41) is 9.36. The van der Waals surface area contributed by atoms with Gasteiger partial charge < -0.3 is 4.57 Å². The molecule has 1 aromatic heterocycles. The van der Waals surface area contributed by atoms with Crippen molar-refractivity contribution in [2.75, 3.05) is 0 Å². The highest BCUT2D eigenvalue weighted by Gasteiger charge is 2.09. The van der Waals surface area contributed by atoms with Gasteiger partial charge in [-0.25, -0.2) is 4.98 Å². The van der Waals surface area contributed by atoms with Crippen molar-refractivity contribution in [3.05, 3.63) is 28.5 Å². The highest BCUT2D eigenvalue weighted by Crippen LogP contribution is 2.23. The number of nitrogens with zero attached hydrogens (tertiary/aromatic N) is 3. The van der Waals surface area contributed by atoms with Crippen LogP contribution in [0, 0.1) is 18.3 Å². The van der Waals surface area contributed by atoms with Gasteiger partial charge in [-0.15, -0.1) is 0 Å². The quantitative estimate of drug-likeness (QED) is 0.740. The summed E-state index contributed by atoms with van der Waals surface area (Å²) in [7, 11) is 1.90. The van der Waals surface area contributed by atoms with E-state index in [2.05, 4.69) is 11.1 Å². The van der Waals surface area contributed by atoms with Crippen molar-refractivity contribution in [3.8, 4) is 6.07 Å². The summed E-state index contributed by atoms with van der Waals surface area (Å²) < 4.78 is 1.91. The molecule has 0 fully saturated rings. The van der Waals surface area contributed by atoms with Gasteiger partial charge in [-0.3, -0.25) is 0 Å². The maximum atomic E-state index is 8.66. The van der Waals surface area contributed by atoms with Crippen LogP contribution in [0.15, 0.2) is 12.1 Å². The second-order valence-electron chi connectivity index (χ2n) is 3.51. The van der Waals surface area contributed by atoms with Crippen molar-refractivity contribution >= 4 is 22.6 Å². The topological polar surface area (TPSA) is 41.6 Å². The van der Waals surface area contributed by atoms with E-state index < -0.39 is 0 Å². The van der Waals surface area contributed by atoms with Gasteiger partial charge in [-0.05, 0) is 24.6 Å². The lowest BCUT2D eigenvalue weighted by atomic mass is 10.2. The summed E-state index contributed by atoms with van der Waals surface area (Å²) in [5.74, 6) is 0.776. The molecule has 0 amide bonds. The molecule has 3 nitrogen and oxygen atoms in total. The summed E-state index contributed by atoms with van der Waals surface area (Å²) >= 11 is 5.98. The lowest BCUT2D eigenvalue weighted by molar-refractivity contribution is 0.857. The number of halogens is 1. The van der Waals surface area contributed by atoms with Crippen LogP contribution in [0.4, 0.5) is 0 Å². The van der Waals surface area contributed by atoms with Crippen molar-refractivity contribution in [2.24, 2.45) is 7.05 Å². The number of hydrogen-bond donors (Lipinski definition) is 0. The third-order valence-corrected chi connectivity index (χ3v) is 2.69. The zero-order chi connectivity index (χ0) is 11.0. The zero-order valence-corrected chi connectivity index (χ0v) is 9.34. The third kappa shape index (κ3) is 1.57. The molecule has 1 aromatic carbocycles. The Labute approximate surface area is 92.9 Å². The number of imidazole rings is 1. The van der Waals surface area contributed by atoms with E-state index in [1.165, 1.54) is 0 Å². The fourth-order valence-corrected chi connectivity index (χ4v) is 1.96. The van der Waals surface area contributed by atoms with Gasteiger partial charge in [-0.2, -0.15) is 5.26 Å². The molecule has 4 heteroatoms. The molecule has 2 aromatic rings. The molecule has 0 saturated heterocycles. The molecule has 0 spiro atoms. The maximum Gasteiger partial charge on any atom is 0.123 e. The van der Waals surface area contributed by atoms with Crippen molar-refractivity contribution in [1.82, 2.24) is 9.55 Å². The average Bonchev–Trinajstić information content (AvgIpc) is 2.47. The summed E-state index contributed by atoms with van der Waals surface area (Å²) in [6.07, 6.45) is 0.322. The van der Waals surface area contributed by atoms with Crippen LogP contribution >= 0.6 is 11.6 Å². The lowest BCUT2D eigenvalue weighted by Crippen LogP contribution is -1.95. The van der Waals surface area contributed by atoms with Crippen LogP contribution < -0.4 is 0 Å². The Kier molecular flexibility index (Phi) is 2.37. The first-order chi connectivity index (χ1) is 7.13. The first-order valence-electron chi connectivity index (χ1n) is 4.62. The molecule has 76 valence electrons. The SMILES string of the molecule is Cc1cc(Cl)cc2c1nc(CC#N)n2C. The van der Waals surface area contributed by atoms with Crippen LogP contribution in [0.1, 0.15) is 11.4 Å². The average molecular weight is 220 g/mol. The third-order valence-electron chi connectivity index (χ3n) is 2.47. The molecule has 0 radical (unpaired) electrons. The number of fused-ring (bicyclic) bond motifs is 1. The second kappa shape index (κ2) is 3.56. The van der Waals surface area contributed by atoms with Gasteiger partial charge in [0.25, 0.3) is 0 Å². The number of benzene rings is 1. The molecule has 0 aliphatic carbocycles. The highest BCUT2D eigenvalue weighted by atomic mass is 35.5. The predicted molar refractivity (Wildman–Crippen MR) is 59.8 cm³/mol. The van der Waals surface area contributed by atoms with Crippen LogP contribution in [0.25, 0.3) is 11.0 Å². The van der Waals surface area contributed by atoms with E-state index in [1.54, 1.807) is 0 Å². The van der Waals surface area contributed by atoms with Gasteiger partial charge in [-0.1, -0.05) is 11.6 Å². The van der Waals surface area contributed by atoms with Crippen molar-refractivity contribution in [2.45, 2.75) is 13.3 Å². The van der Waals surface area contributed by atoms with Crippen LogP contribution in [0.2, 0.25) is 5.02 Å². The fourth-order valence-electron chi connectivity index (χ4n) is 1.69. The minimum atomic E-state index is 0.322. The van der Waals surface area contributed by atoms with Crippen molar-refractivity contribution < 1.29 is 0 Å². The van der Waals surface area contributed by atoms with Crippen LogP contribution in [0.5, 0.6) is 0 Å². The normalized spacial score (nSPS) is 10.5. The van der Waals surface area contributed by atoms with Gasteiger partial charge in [0.15, 0.2) is 0 Å². The minimum Gasteiger partial charge on any atom is -0.330 e. The molecule has 0 aliphatic rings. The zero-order valence-electron chi connectivity index (χ0n) is 8.58. The van der Waals surface area contributed by atoms with Gasteiger partial charge in [0, 0.05) is 12.1 Å². The molecular weight excluding hydrogens is 210 g/mol. The van der Waals surface area contributed by atoms with Crippen molar-refractivity contribution in [3.63, 3.8) is 0 Å². The van der Waals surface area contributed by atoms with E-state index in [4.69, 9.17) is 16.9 Å². The molecule has 0 unspecified atom stereocenters. The number of nitriles is 1. The molecule has 0 saturated carbocycles. The first kappa shape index (κ1) is 10.0. The fraction of sp³-hybridized carbons (Fsp3) is 0.273. The smallest absolute Gasteiger partial charge is 0.123 e. The molecule has 1 heterocycles. The maximum absolute atomic E-state index is 8.66. The summed E-state index contributed by atoms with van der Waals surface area (Å²) in [4.78, 5) is 4.42. The van der Waals surface area contributed by atoms with Crippen LogP contribution in [-0.4, -0.2) is 9.55 Å². The summed E-state index contributed by atoms with van der Waals surface area (Å²) in [6, 6.07) is 5.86. The van der Waals surface area contributed by atoms with E-state index in [9.17, 15) is 0 Å². The Bertz CT molecular complexity index is 563. The highest BCUT2D eigenvalue weighted by molar-refractivity contribution is 6.31. The van der Waals surface area contributed by atoms with E-state index in [-0.39, 0.29) is 0 Å². The van der Waals surface area contributed by atoms with E-state index in [0.717, 1.165) is 22.4 Å². The van der Waals surface area contributed by atoms with Crippen LogP contribution in [-0.2, 0) is 13.5 Å². The number of aromatic nitrogens is 2. The number of rotatable bonds is 1. The van der Waals surface area contributed by atoms with Gasteiger partial charge in [0.2, 0.25) is 0 Å². The molecule has 0 aliphatic heterocycles. The molecule has 2 rings (SSSR count). The Balaban J connectivity index is 2.77. The number of hydrogen-bond acceptors (Lipinski definition) is 2. The van der Waals surface area contributed by atoms with Gasteiger partial charge in [0.05, 0.1) is 23.5 Å². The molecule has 0 atom stereocenters. The Morgan fingerprint density at radius 1 is 1.53 bits per heavy atom.